The van der Waals surface area contributed by atoms with E-state index in [1.807, 2.05) is 0 Å². The Morgan fingerprint density at radius 1 is 0.696 bits per heavy atom. The summed E-state index contributed by atoms with van der Waals surface area (Å²) in [5.41, 5.74) is 0. The van der Waals surface area contributed by atoms with Gasteiger partial charge in [-0.25, -0.2) is 9.59 Å². The fraction of sp³-hybridized carbons (Fsp3) is 0.889. The van der Waals surface area contributed by atoms with E-state index in [0.717, 1.165) is 19.3 Å². The molecule has 0 aromatic carbocycles. The molecule has 0 aromatic rings. The zero-order valence-corrected chi connectivity index (χ0v) is 14.7. The highest BCUT2D eigenvalue weighted by Crippen LogP contribution is 2.12. The molecular weight excluding hydrogens is 296 g/mol. The van der Waals surface area contributed by atoms with Crippen LogP contribution in [0.3, 0.4) is 0 Å². The fourth-order valence-electron chi connectivity index (χ4n) is 2.55. The van der Waals surface area contributed by atoms with Gasteiger partial charge in [0.15, 0.2) is 0 Å². The first-order chi connectivity index (χ1) is 11.2. The Morgan fingerprint density at radius 3 is 1.48 bits per heavy atom. The lowest BCUT2D eigenvalue weighted by atomic mass is 10.0. The van der Waals surface area contributed by atoms with Crippen molar-refractivity contribution in [3.8, 4) is 0 Å². The van der Waals surface area contributed by atoms with Crippen molar-refractivity contribution in [3.05, 3.63) is 0 Å². The molecule has 5 nitrogen and oxygen atoms in total. The molecule has 0 saturated carbocycles. The van der Waals surface area contributed by atoms with Crippen LogP contribution in [-0.4, -0.2) is 24.0 Å². The van der Waals surface area contributed by atoms with Crippen LogP contribution in [-0.2, 0) is 9.47 Å². The van der Waals surface area contributed by atoms with Crippen molar-refractivity contribution >= 4 is 12.3 Å². The molecule has 0 heterocycles. The first-order valence-electron chi connectivity index (χ1n) is 9.24. The molecule has 0 amide bonds. The molecule has 0 atom stereocenters. The van der Waals surface area contributed by atoms with E-state index in [-0.39, 0.29) is 6.61 Å². The number of carbonyl (C=O) groups excluding carboxylic acids is 1. The van der Waals surface area contributed by atoms with E-state index in [4.69, 9.17) is 5.11 Å². The summed E-state index contributed by atoms with van der Waals surface area (Å²) in [4.78, 5) is 20.8. The van der Waals surface area contributed by atoms with Crippen molar-refractivity contribution in [2.24, 2.45) is 0 Å². The molecule has 0 radical (unpaired) electrons. The highest BCUT2D eigenvalue weighted by atomic mass is 16.8. The van der Waals surface area contributed by atoms with Gasteiger partial charge in [0.25, 0.3) is 0 Å². The predicted molar refractivity (Wildman–Crippen MR) is 90.8 cm³/mol. The van der Waals surface area contributed by atoms with Gasteiger partial charge in [-0.1, -0.05) is 90.4 Å². The smallest absolute Gasteiger partial charge is 0.449 e. The number of rotatable bonds is 15. The molecule has 0 fully saturated rings. The molecule has 0 bridgehead atoms. The van der Waals surface area contributed by atoms with Crippen LogP contribution in [0.4, 0.5) is 9.59 Å². The molecule has 0 saturated heterocycles. The topological polar surface area (TPSA) is 72.8 Å². The fourth-order valence-corrected chi connectivity index (χ4v) is 2.55. The van der Waals surface area contributed by atoms with Gasteiger partial charge >= 0.3 is 12.3 Å². The van der Waals surface area contributed by atoms with E-state index in [1.54, 1.807) is 0 Å². The van der Waals surface area contributed by atoms with Crippen molar-refractivity contribution in [1.29, 1.82) is 0 Å². The SMILES string of the molecule is CCCCCCCCCCCCCCCCOC(=O)OC(=O)O. The first kappa shape index (κ1) is 21.7. The molecule has 23 heavy (non-hydrogen) atoms. The molecule has 0 aliphatic carbocycles. The Morgan fingerprint density at radius 2 is 1.09 bits per heavy atom. The van der Waals surface area contributed by atoms with Gasteiger partial charge in [-0.2, -0.15) is 0 Å². The van der Waals surface area contributed by atoms with Crippen LogP contribution >= 0.6 is 0 Å². The second kappa shape index (κ2) is 17.1. The maximum atomic E-state index is 10.8. The van der Waals surface area contributed by atoms with Crippen molar-refractivity contribution < 1.29 is 24.2 Å². The highest BCUT2D eigenvalue weighted by Gasteiger charge is 2.08. The molecule has 1 N–H and O–H groups in total. The van der Waals surface area contributed by atoms with Gasteiger partial charge in [-0.3, -0.25) is 0 Å². The Kier molecular flexibility index (Phi) is 16.2. The van der Waals surface area contributed by atoms with Crippen LogP contribution in [0.2, 0.25) is 0 Å². The third-order valence-electron chi connectivity index (χ3n) is 3.89. The third kappa shape index (κ3) is 18.7. The van der Waals surface area contributed by atoms with Crippen molar-refractivity contribution in [3.63, 3.8) is 0 Å². The van der Waals surface area contributed by atoms with Crippen LogP contribution in [0.25, 0.3) is 0 Å². The number of hydrogen-bond acceptors (Lipinski definition) is 4. The van der Waals surface area contributed by atoms with Crippen LogP contribution in [0.15, 0.2) is 0 Å². The van der Waals surface area contributed by atoms with E-state index in [9.17, 15) is 9.59 Å². The average molecular weight is 330 g/mol. The molecule has 0 aromatic heterocycles. The Labute approximate surface area is 140 Å². The van der Waals surface area contributed by atoms with E-state index < -0.39 is 12.3 Å². The molecule has 0 aliphatic rings. The van der Waals surface area contributed by atoms with Crippen LogP contribution < -0.4 is 0 Å². The summed E-state index contributed by atoms with van der Waals surface area (Å²) in [6.07, 6.45) is 14.9. The normalized spacial score (nSPS) is 10.5. The second-order valence-corrected chi connectivity index (χ2v) is 6.06. The van der Waals surface area contributed by atoms with Gasteiger partial charge in [-0.05, 0) is 6.42 Å². The van der Waals surface area contributed by atoms with Gasteiger partial charge in [0, 0.05) is 0 Å². The van der Waals surface area contributed by atoms with Gasteiger partial charge in [-0.15, -0.1) is 0 Å². The Balaban J connectivity index is 3.08. The van der Waals surface area contributed by atoms with Gasteiger partial charge < -0.3 is 14.6 Å². The standard InChI is InChI=1S/C18H34O5/c1-2-3-4-5-6-7-8-9-10-11-12-13-14-15-16-22-18(21)23-17(19)20/h2-16H2,1H3,(H,19,20). The number of carbonyl (C=O) groups is 2. The van der Waals surface area contributed by atoms with Gasteiger partial charge in [0.2, 0.25) is 0 Å². The Bertz CT molecular complexity index is 291. The summed E-state index contributed by atoms with van der Waals surface area (Å²) in [7, 11) is 0. The summed E-state index contributed by atoms with van der Waals surface area (Å²) in [6, 6.07) is 0. The lowest BCUT2D eigenvalue weighted by molar-refractivity contribution is 0.0537. The van der Waals surface area contributed by atoms with E-state index >= 15 is 0 Å². The lowest BCUT2D eigenvalue weighted by Crippen LogP contribution is -2.12. The zero-order valence-electron chi connectivity index (χ0n) is 14.7. The lowest BCUT2D eigenvalue weighted by Gasteiger charge is -2.04. The van der Waals surface area contributed by atoms with Gasteiger partial charge in [0.05, 0.1) is 6.61 Å². The molecule has 136 valence electrons. The quantitative estimate of drug-likeness (QED) is 0.217. The first-order valence-corrected chi connectivity index (χ1v) is 9.24. The molecule has 0 rings (SSSR count). The van der Waals surface area contributed by atoms with E-state index in [1.165, 1.54) is 70.6 Å². The van der Waals surface area contributed by atoms with Gasteiger partial charge in [0.1, 0.15) is 0 Å². The van der Waals surface area contributed by atoms with E-state index in [0.29, 0.717) is 0 Å². The number of ether oxygens (including phenoxy) is 2. The minimum atomic E-state index is -1.63. The molecule has 5 heteroatoms. The number of unbranched alkanes of at least 4 members (excludes halogenated alkanes) is 13. The minimum absolute atomic E-state index is 0.226. The maximum Gasteiger partial charge on any atom is 0.518 e. The Hall–Kier alpha value is -1.26. The molecule has 0 spiro atoms. The summed E-state index contributed by atoms with van der Waals surface area (Å²) in [5, 5.41) is 8.19. The molecular formula is C18H34O5. The number of hydrogen-bond donors (Lipinski definition) is 1. The number of carboxylic acid groups (broad SMARTS) is 1. The second-order valence-electron chi connectivity index (χ2n) is 6.06. The summed E-state index contributed by atoms with van der Waals surface area (Å²) in [6.45, 7) is 2.48. The van der Waals surface area contributed by atoms with Crippen LogP contribution in [0, 0.1) is 0 Å². The van der Waals surface area contributed by atoms with Crippen LogP contribution in [0.5, 0.6) is 0 Å². The van der Waals surface area contributed by atoms with E-state index in [2.05, 4.69) is 16.4 Å². The third-order valence-corrected chi connectivity index (χ3v) is 3.89. The summed E-state index contributed by atoms with van der Waals surface area (Å²) < 4.78 is 8.44. The van der Waals surface area contributed by atoms with Crippen molar-refractivity contribution in [2.75, 3.05) is 6.61 Å². The maximum absolute atomic E-state index is 10.8. The molecule has 0 unspecified atom stereocenters. The largest absolute Gasteiger partial charge is 0.518 e. The van der Waals surface area contributed by atoms with Crippen molar-refractivity contribution in [2.45, 2.75) is 96.8 Å². The highest BCUT2D eigenvalue weighted by molar-refractivity contribution is 5.75. The molecule has 0 aliphatic heterocycles. The predicted octanol–water partition coefficient (Wildman–Crippen LogP) is 6.30. The van der Waals surface area contributed by atoms with Crippen molar-refractivity contribution in [1.82, 2.24) is 0 Å². The average Bonchev–Trinajstić information content (AvgIpc) is 2.50. The monoisotopic (exact) mass is 330 g/mol. The van der Waals surface area contributed by atoms with Crippen LogP contribution in [0.1, 0.15) is 96.8 Å². The zero-order chi connectivity index (χ0) is 17.2. The minimum Gasteiger partial charge on any atom is -0.449 e. The summed E-state index contributed by atoms with van der Waals surface area (Å²) in [5.74, 6) is 0. The summed E-state index contributed by atoms with van der Waals surface area (Å²) >= 11 is 0.